The Kier molecular flexibility index (Phi) is 6.73. The highest BCUT2D eigenvalue weighted by Crippen LogP contribution is 2.71. The van der Waals surface area contributed by atoms with Crippen molar-refractivity contribution in [2.75, 3.05) is 32.7 Å². The van der Waals surface area contributed by atoms with Crippen molar-refractivity contribution in [3.05, 3.63) is 72.8 Å². The summed E-state index contributed by atoms with van der Waals surface area (Å²) in [6.45, 7) is 4.15. The molecule has 3 fully saturated rings. The van der Waals surface area contributed by atoms with Gasteiger partial charge in [0.1, 0.15) is 33.1 Å². The molecule has 9 rings (SSSR count). The van der Waals surface area contributed by atoms with Crippen LogP contribution in [0.15, 0.2) is 72.8 Å². The minimum Gasteiger partial charge on any atom is -0.326 e. The largest absolute Gasteiger partial charge is 0.458 e. The van der Waals surface area contributed by atoms with Crippen LogP contribution in [-0.4, -0.2) is 98.1 Å². The van der Waals surface area contributed by atoms with Gasteiger partial charge in [0, 0.05) is 32.7 Å². The zero-order valence-electron chi connectivity index (χ0n) is 25.2. The molecule has 3 aliphatic heterocycles. The minimum atomic E-state index is -2.92. The molecule has 16 heteroatoms. The predicted octanol–water partition coefficient (Wildman–Crippen LogP) is 3.23. The molecule has 0 N–H and O–H groups in total. The van der Waals surface area contributed by atoms with Crippen molar-refractivity contribution in [3.63, 3.8) is 0 Å². The fourth-order valence-corrected chi connectivity index (χ4v) is 11.1. The molecule has 0 spiro atoms. The van der Waals surface area contributed by atoms with Crippen LogP contribution >= 0.6 is 7.94 Å². The lowest BCUT2D eigenvalue weighted by Gasteiger charge is -2.44. The number of hydrogen-bond donors (Lipinski definition) is 0. The molecule has 0 aliphatic carbocycles. The summed E-state index contributed by atoms with van der Waals surface area (Å²) in [6, 6.07) is 23.4. The van der Waals surface area contributed by atoms with Crippen LogP contribution in [0.5, 0.6) is 0 Å². The van der Waals surface area contributed by atoms with Gasteiger partial charge in [-0.2, -0.15) is 4.62 Å². The molecule has 3 aromatic heterocycles. The Morgan fingerprint density at radius 2 is 0.957 bits per heavy atom. The van der Waals surface area contributed by atoms with Gasteiger partial charge in [-0.25, -0.2) is 0 Å². The SMILES string of the molecule is c1ccc2c(c1)nnn2OC1(On2nnc3ccccc32)CCCN1[P+](On1nnc2ccccc21)(N1CCCC1)N1CCCC1. The fourth-order valence-electron chi connectivity index (χ4n) is 6.95. The first-order valence-electron chi connectivity index (χ1n) is 15.9. The van der Waals surface area contributed by atoms with Crippen molar-refractivity contribution in [3.8, 4) is 0 Å². The number of hydrogen-bond acceptors (Lipinski definition) is 12. The molecule has 6 heterocycles. The summed E-state index contributed by atoms with van der Waals surface area (Å²) in [5.41, 5.74) is 4.48. The average Bonchev–Trinajstić information content (AvgIpc) is 3.95. The molecule has 15 nitrogen and oxygen atoms in total. The molecule has 0 bridgehead atoms. The van der Waals surface area contributed by atoms with Gasteiger partial charge >= 0.3 is 13.9 Å². The zero-order valence-corrected chi connectivity index (χ0v) is 26.1. The van der Waals surface area contributed by atoms with Gasteiger partial charge in [0.05, 0.1) is 6.42 Å². The molecule has 0 saturated carbocycles. The van der Waals surface area contributed by atoms with Gasteiger partial charge in [-0.1, -0.05) is 46.1 Å². The van der Waals surface area contributed by atoms with Crippen molar-refractivity contribution >= 4 is 41.0 Å². The number of aromatic nitrogens is 9. The van der Waals surface area contributed by atoms with Gasteiger partial charge in [0.15, 0.2) is 0 Å². The molecular weight excluding hydrogens is 607 g/mol. The summed E-state index contributed by atoms with van der Waals surface area (Å²) in [5.74, 6) is -1.40. The van der Waals surface area contributed by atoms with Gasteiger partial charge in [-0.05, 0) is 93.7 Å². The van der Waals surface area contributed by atoms with Crippen LogP contribution in [0.3, 0.4) is 0 Å². The zero-order chi connectivity index (χ0) is 30.6. The lowest BCUT2D eigenvalue weighted by molar-refractivity contribution is -0.292. The van der Waals surface area contributed by atoms with E-state index in [4.69, 9.17) is 14.3 Å². The second kappa shape index (κ2) is 11.1. The molecule has 3 aromatic carbocycles. The highest BCUT2D eigenvalue weighted by atomic mass is 31.2. The van der Waals surface area contributed by atoms with Gasteiger partial charge in [-0.3, -0.25) is 0 Å². The van der Waals surface area contributed by atoms with Crippen molar-refractivity contribution < 1.29 is 14.3 Å². The van der Waals surface area contributed by atoms with E-state index in [0.717, 1.165) is 91.4 Å². The van der Waals surface area contributed by atoms with Crippen molar-refractivity contribution in [1.82, 2.24) is 59.5 Å². The maximum Gasteiger partial charge on any atom is 0.458 e. The molecule has 0 unspecified atom stereocenters. The maximum absolute atomic E-state index is 7.36. The Labute approximate surface area is 264 Å². The van der Waals surface area contributed by atoms with Gasteiger partial charge < -0.3 is 9.68 Å². The number of nitrogens with zero attached hydrogens (tertiary/aromatic N) is 12. The van der Waals surface area contributed by atoms with Crippen molar-refractivity contribution in [2.24, 2.45) is 0 Å². The molecule has 0 atom stereocenters. The predicted molar refractivity (Wildman–Crippen MR) is 170 cm³/mol. The standard InChI is InChI=1S/C30H34N12O3P/c1-4-15-27-24(12-1)31-34-40(27)43-30(44-41-28-16-5-2-13-25(28)32-35-41)18-11-23-39(30)46(37-19-7-8-20-37,38-21-9-10-22-38)45-42-29-17-6-3-14-26(29)33-36-42/h1-6,12-17H,7-11,18-23H2/q+1. The topological polar surface area (TPSA) is 130 Å². The first-order chi connectivity index (χ1) is 22.7. The highest BCUT2D eigenvalue weighted by molar-refractivity contribution is 7.64. The van der Waals surface area contributed by atoms with Crippen LogP contribution in [0.4, 0.5) is 0 Å². The summed E-state index contributed by atoms with van der Waals surface area (Å²) >= 11 is 0. The molecule has 3 saturated heterocycles. The van der Waals surface area contributed by atoms with E-state index in [-0.39, 0.29) is 0 Å². The molecule has 6 aromatic rings. The smallest absolute Gasteiger partial charge is 0.326 e. The van der Waals surface area contributed by atoms with E-state index in [2.05, 4.69) is 44.9 Å². The highest BCUT2D eigenvalue weighted by Gasteiger charge is 2.73. The third-order valence-electron chi connectivity index (χ3n) is 9.08. The van der Waals surface area contributed by atoms with Gasteiger partial charge in [0.2, 0.25) is 0 Å². The molecule has 0 radical (unpaired) electrons. The minimum absolute atomic E-state index is 0.514. The molecule has 3 aliphatic rings. The Balaban J connectivity index is 1.24. The summed E-state index contributed by atoms with van der Waals surface area (Å²) in [5, 5.41) is 26.6. The van der Waals surface area contributed by atoms with Crippen LogP contribution in [0.1, 0.15) is 38.5 Å². The molecule has 236 valence electrons. The van der Waals surface area contributed by atoms with Gasteiger partial charge in [0.25, 0.3) is 0 Å². The van der Waals surface area contributed by atoms with Crippen LogP contribution in [0.25, 0.3) is 33.1 Å². The lowest BCUT2D eigenvalue weighted by Crippen LogP contribution is -2.63. The van der Waals surface area contributed by atoms with E-state index in [0.29, 0.717) is 13.0 Å². The van der Waals surface area contributed by atoms with Gasteiger partial charge in [-0.15, -0.1) is 24.6 Å². The van der Waals surface area contributed by atoms with E-state index in [1.165, 1.54) is 9.69 Å². The second-order valence-corrected chi connectivity index (χ2v) is 14.7. The summed E-state index contributed by atoms with van der Waals surface area (Å²) < 4.78 is 14.6. The van der Waals surface area contributed by atoms with E-state index >= 15 is 0 Å². The first-order valence-corrected chi connectivity index (χ1v) is 17.5. The normalized spacial score (nSPS) is 19.6. The van der Waals surface area contributed by atoms with Crippen LogP contribution in [0.2, 0.25) is 0 Å². The third-order valence-corrected chi connectivity index (χ3v) is 12.9. The van der Waals surface area contributed by atoms with Crippen LogP contribution in [0, 0.1) is 0 Å². The van der Waals surface area contributed by atoms with E-state index in [1.54, 1.807) is 4.85 Å². The number of rotatable bonds is 9. The summed E-state index contributed by atoms with van der Waals surface area (Å²) in [6.07, 6.45) is 5.58. The van der Waals surface area contributed by atoms with Crippen LogP contribution < -0.4 is 14.3 Å². The Morgan fingerprint density at radius 3 is 1.46 bits per heavy atom. The van der Waals surface area contributed by atoms with E-state index in [1.807, 2.05) is 72.8 Å². The van der Waals surface area contributed by atoms with E-state index < -0.39 is 13.9 Å². The van der Waals surface area contributed by atoms with E-state index in [9.17, 15) is 0 Å². The number of para-hydroxylation sites is 3. The molecule has 0 amide bonds. The fraction of sp³-hybridized carbons (Fsp3) is 0.400. The van der Waals surface area contributed by atoms with Crippen LogP contribution in [-0.2, 0) is 0 Å². The quantitative estimate of drug-likeness (QED) is 0.170. The number of benzene rings is 3. The molecule has 46 heavy (non-hydrogen) atoms. The lowest BCUT2D eigenvalue weighted by atomic mass is 10.3. The molecular formula is C30H34N12O3P+. The first kappa shape index (κ1) is 27.8. The number of fused-ring (bicyclic) bond motifs is 3. The van der Waals surface area contributed by atoms with Crippen molar-refractivity contribution in [1.29, 1.82) is 0 Å². The summed E-state index contributed by atoms with van der Waals surface area (Å²) in [7, 11) is -2.92. The third kappa shape index (κ3) is 4.41. The average molecular weight is 642 g/mol. The Hall–Kier alpha value is -4.43. The summed E-state index contributed by atoms with van der Waals surface area (Å²) in [4.78, 5) is 18.5. The maximum atomic E-state index is 7.36. The van der Waals surface area contributed by atoms with Crippen molar-refractivity contribution in [2.45, 2.75) is 44.4 Å². The monoisotopic (exact) mass is 641 g/mol. The Morgan fingerprint density at radius 1 is 0.522 bits per heavy atom. The second-order valence-electron chi connectivity index (χ2n) is 11.9. The Bertz CT molecular complexity index is 1910.